The summed E-state index contributed by atoms with van der Waals surface area (Å²) in [6.07, 6.45) is -4.55. The summed E-state index contributed by atoms with van der Waals surface area (Å²) in [5.74, 6) is -1.70. The lowest BCUT2D eigenvalue weighted by Crippen LogP contribution is -2.34. The highest BCUT2D eigenvalue weighted by molar-refractivity contribution is 6.43. The Hall–Kier alpha value is -3.42. The molecule has 3 aromatic rings. The number of aryl methyl sites for hydroxylation is 1. The Balaban J connectivity index is 1.87. The average molecular weight is 415 g/mol. The van der Waals surface area contributed by atoms with E-state index in [1.165, 1.54) is 25.2 Å². The molecule has 0 aliphatic carbocycles. The number of carbonyl (C=O) groups excluding carboxylic acids is 2. The van der Waals surface area contributed by atoms with Gasteiger partial charge in [-0.15, -0.1) is 0 Å². The highest BCUT2D eigenvalue weighted by atomic mass is 19.4. The first-order valence-electron chi connectivity index (χ1n) is 9.17. The minimum Gasteiger partial charge on any atom is -0.335 e. The SMILES string of the molecule is Cc1nn(-c2ccccc2)c(C)c1C(=O)C(=O)N(C)Cc1ccccc1C(F)(F)F. The molecule has 0 spiro atoms. The molecule has 0 N–H and O–H groups in total. The van der Waals surface area contributed by atoms with Gasteiger partial charge in [-0.2, -0.15) is 18.3 Å². The molecule has 30 heavy (non-hydrogen) atoms. The number of aromatic nitrogens is 2. The van der Waals surface area contributed by atoms with Crippen LogP contribution in [-0.2, 0) is 17.5 Å². The van der Waals surface area contributed by atoms with Gasteiger partial charge in [0, 0.05) is 13.6 Å². The maximum atomic E-state index is 13.2. The van der Waals surface area contributed by atoms with Crippen LogP contribution in [-0.4, -0.2) is 33.4 Å². The van der Waals surface area contributed by atoms with Crippen molar-refractivity contribution in [1.29, 1.82) is 0 Å². The first kappa shape index (κ1) is 21.3. The molecular weight excluding hydrogens is 395 g/mol. The number of nitrogens with zero attached hydrogens (tertiary/aromatic N) is 3. The molecule has 3 rings (SSSR count). The van der Waals surface area contributed by atoms with E-state index in [0.717, 1.165) is 16.7 Å². The summed E-state index contributed by atoms with van der Waals surface area (Å²) in [5.41, 5.74) is 0.834. The number of likely N-dealkylation sites (N-methyl/N-ethyl adjacent to an activating group) is 1. The fourth-order valence-electron chi connectivity index (χ4n) is 3.33. The highest BCUT2D eigenvalue weighted by Gasteiger charge is 2.34. The standard InChI is InChI=1S/C22H20F3N3O2/c1-14-19(15(2)28(26-14)17-10-5-4-6-11-17)20(29)21(30)27(3)13-16-9-7-8-12-18(16)22(23,24)25/h4-12H,13H2,1-3H3. The van der Waals surface area contributed by atoms with Crippen molar-refractivity contribution in [3.8, 4) is 5.69 Å². The summed E-state index contributed by atoms with van der Waals surface area (Å²) >= 11 is 0. The van der Waals surface area contributed by atoms with Crippen LogP contribution in [0.2, 0.25) is 0 Å². The molecule has 1 amide bonds. The van der Waals surface area contributed by atoms with Crippen LogP contribution in [0.3, 0.4) is 0 Å². The number of alkyl halides is 3. The molecule has 0 fully saturated rings. The maximum Gasteiger partial charge on any atom is 0.416 e. The smallest absolute Gasteiger partial charge is 0.335 e. The third-order valence-corrected chi connectivity index (χ3v) is 4.79. The number of ketones is 1. The Morgan fingerprint density at radius 3 is 2.23 bits per heavy atom. The van der Waals surface area contributed by atoms with Crippen LogP contribution in [0.15, 0.2) is 54.6 Å². The van der Waals surface area contributed by atoms with Gasteiger partial charge in [0.25, 0.3) is 11.7 Å². The van der Waals surface area contributed by atoms with Crippen LogP contribution in [0.1, 0.15) is 32.9 Å². The number of para-hydroxylation sites is 1. The number of amides is 1. The van der Waals surface area contributed by atoms with Gasteiger partial charge in [0.05, 0.1) is 28.2 Å². The molecule has 0 aliphatic rings. The first-order valence-corrected chi connectivity index (χ1v) is 9.17. The number of halogens is 3. The van der Waals surface area contributed by atoms with Gasteiger partial charge in [-0.25, -0.2) is 4.68 Å². The van der Waals surface area contributed by atoms with Crippen LogP contribution in [0.5, 0.6) is 0 Å². The van der Waals surface area contributed by atoms with Gasteiger partial charge in [-0.1, -0.05) is 36.4 Å². The number of hydrogen-bond acceptors (Lipinski definition) is 3. The number of rotatable bonds is 5. The molecule has 0 saturated carbocycles. The van der Waals surface area contributed by atoms with Gasteiger partial charge in [-0.3, -0.25) is 9.59 Å². The molecule has 0 atom stereocenters. The summed E-state index contributed by atoms with van der Waals surface area (Å²) in [7, 11) is 1.31. The van der Waals surface area contributed by atoms with E-state index in [9.17, 15) is 22.8 Å². The Kier molecular flexibility index (Phi) is 5.78. The molecule has 1 aromatic heterocycles. The van der Waals surface area contributed by atoms with E-state index in [4.69, 9.17) is 0 Å². The summed E-state index contributed by atoms with van der Waals surface area (Å²) < 4.78 is 41.2. The summed E-state index contributed by atoms with van der Waals surface area (Å²) in [4.78, 5) is 26.6. The molecule has 0 bridgehead atoms. The molecule has 1 heterocycles. The van der Waals surface area contributed by atoms with Gasteiger partial charge in [0.2, 0.25) is 0 Å². The second-order valence-corrected chi connectivity index (χ2v) is 6.94. The Labute approximate surface area is 171 Å². The lowest BCUT2D eigenvalue weighted by molar-refractivity contribution is -0.139. The topological polar surface area (TPSA) is 55.2 Å². The third-order valence-electron chi connectivity index (χ3n) is 4.79. The minimum atomic E-state index is -4.55. The lowest BCUT2D eigenvalue weighted by Gasteiger charge is -2.19. The normalized spacial score (nSPS) is 11.4. The van der Waals surface area contributed by atoms with Crippen LogP contribution in [0.25, 0.3) is 5.69 Å². The average Bonchev–Trinajstić information content (AvgIpc) is 3.01. The number of hydrogen-bond donors (Lipinski definition) is 0. The van der Waals surface area contributed by atoms with Crippen LogP contribution < -0.4 is 0 Å². The van der Waals surface area contributed by atoms with E-state index in [0.29, 0.717) is 11.4 Å². The van der Waals surface area contributed by atoms with Crippen molar-refractivity contribution in [3.63, 3.8) is 0 Å². The summed E-state index contributed by atoms with van der Waals surface area (Å²) in [5, 5.41) is 4.35. The quantitative estimate of drug-likeness (QED) is 0.460. The van der Waals surface area contributed by atoms with E-state index >= 15 is 0 Å². The van der Waals surface area contributed by atoms with Crippen LogP contribution in [0.4, 0.5) is 13.2 Å². The molecule has 5 nitrogen and oxygen atoms in total. The van der Waals surface area contributed by atoms with Gasteiger partial charge in [0.1, 0.15) is 0 Å². The molecule has 0 aliphatic heterocycles. The zero-order valence-electron chi connectivity index (χ0n) is 16.7. The molecule has 156 valence electrons. The molecule has 0 unspecified atom stereocenters. The fraction of sp³-hybridized carbons (Fsp3) is 0.227. The molecule has 2 aromatic carbocycles. The predicted molar refractivity (Wildman–Crippen MR) is 105 cm³/mol. The zero-order valence-corrected chi connectivity index (χ0v) is 16.7. The molecule has 0 saturated heterocycles. The van der Waals surface area contributed by atoms with E-state index in [1.807, 2.05) is 30.3 Å². The largest absolute Gasteiger partial charge is 0.416 e. The van der Waals surface area contributed by atoms with Crippen molar-refractivity contribution in [2.45, 2.75) is 26.6 Å². The second-order valence-electron chi connectivity index (χ2n) is 6.94. The number of carbonyl (C=O) groups is 2. The van der Waals surface area contributed by atoms with Crippen LogP contribution >= 0.6 is 0 Å². The van der Waals surface area contributed by atoms with Gasteiger partial charge in [0.15, 0.2) is 0 Å². The van der Waals surface area contributed by atoms with Crippen molar-refractivity contribution < 1.29 is 22.8 Å². The monoisotopic (exact) mass is 415 g/mol. The van der Waals surface area contributed by atoms with Gasteiger partial charge in [-0.05, 0) is 37.6 Å². The first-order chi connectivity index (χ1) is 14.1. The van der Waals surface area contributed by atoms with E-state index in [2.05, 4.69) is 5.10 Å². The van der Waals surface area contributed by atoms with Gasteiger partial charge >= 0.3 is 6.18 Å². The number of Topliss-reactive ketones (excluding diaryl/α,β-unsaturated/α-hetero) is 1. The Morgan fingerprint density at radius 1 is 1.00 bits per heavy atom. The van der Waals surface area contributed by atoms with Crippen molar-refractivity contribution in [3.05, 3.63) is 82.7 Å². The van der Waals surface area contributed by atoms with E-state index in [-0.39, 0.29) is 17.7 Å². The minimum absolute atomic E-state index is 0.0814. The zero-order chi connectivity index (χ0) is 22.1. The maximum absolute atomic E-state index is 13.2. The Morgan fingerprint density at radius 2 is 1.60 bits per heavy atom. The highest BCUT2D eigenvalue weighted by Crippen LogP contribution is 2.32. The van der Waals surface area contributed by atoms with Crippen molar-refractivity contribution >= 4 is 11.7 Å². The van der Waals surface area contributed by atoms with Gasteiger partial charge < -0.3 is 4.90 Å². The lowest BCUT2D eigenvalue weighted by atomic mass is 10.1. The third kappa shape index (κ3) is 4.12. The van der Waals surface area contributed by atoms with E-state index in [1.54, 1.807) is 18.5 Å². The van der Waals surface area contributed by atoms with Crippen LogP contribution in [0, 0.1) is 13.8 Å². The van der Waals surface area contributed by atoms with Crippen molar-refractivity contribution in [2.75, 3.05) is 7.05 Å². The van der Waals surface area contributed by atoms with Crippen molar-refractivity contribution in [2.24, 2.45) is 0 Å². The fourth-order valence-corrected chi connectivity index (χ4v) is 3.33. The molecule has 8 heteroatoms. The summed E-state index contributed by atoms with van der Waals surface area (Å²) in [6.45, 7) is 2.95. The Bertz CT molecular complexity index is 1090. The molecule has 0 radical (unpaired) electrons. The van der Waals surface area contributed by atoms with Crippen molar-refractivity contribution in [1.82, 2.24) is 14.7 Å². The van der Waals surface area contributed by atoms with E-state index < -0.39 is 23.4 Å². The molecular formula is C22H20F3N3O2. The summed E-state index contributed by atoms with van der Waals surface area (Å²) in [6, 6.07) is 14.1. The number of benzene rings is 2. The predicted octanol–water partition coefficient (Wildman–Crippen LogP) is 4.35. The second kappa shape index (κ2) is 8.14.